The van der Waals surface area contributed by atoms with Crippen molar-refractivity contribution in [1.29, 1.82) is 0 Å². The van der Waals surface area contributed by atoms with Gasteiger partial charge in [0.2, 0.25) is 11.8 Å². The molecule has 5 N–H and O–H groups in total. The van der Waals surface area contributed by atoms with E-state index in [2.05, 4.69) is 40.8 Å². The number of likely N-dealkylation sites (tertiary alicyclic amines) is 2. The van der Waals surface area contributed by atoms with Gasteiger partial charge in [-0.25, -0.2) is 19.9 Å². The molecule has 0 radical (unpaired) electrons. The van der Waals surface area contributed by atoms with Crippen LogP contribution in [-0.2, 0) is 9.59 Å². The molecule has 12 nitrogen and oxygen atoms in total. The highest BCUT2D eigenvalue weighted by Crippen LogP contribution is 2.18. The molecule has 0 unspecified atom stereocenters. The van der Waals surface area contributed by atoms with Crippen LogP contribution >= 0.6 is 0 Å². The Morgan fingerprint density at radius 2 is 1.56 bits per heavy atom. The average Bonchev–Trinajstić information content (AvgIpc) is 2.74. The van der Waals surface area contributed by atoms with Crippen molar-refractivity contribution in [3.05, 3.63) is 36.2 Å². The Bertz CT molecular complexity index is 1010. The number of rotatable bonds is 11. The van der Waals surface area contributed by atoms with Crippen molar-refractivity contribution in [1.82, 2.24) is 35.1 Å². The molecular weight excluding hydrogens is 436 g/mol. The largest absolute Gasteiger partial charge is 0.369 e. The minimum atomic E-state index is -0.318. The van der Waals surface area contributed by atoms with Gasteiger partial charge in [-0.15, -0.1) is 0 Å². The van der Waals surface area contributed by atoms with Crippen LogP contribution in [0.4, 0.5) is 11.6 Å². The van der Waals surface area contributed by atoms with Crippen LogP contribution in [0.3, 0.4) is 0 Å². The van der Waals surface area contributed by atoms with E-state index in [1.54, 1.807) is 6.33 Å². The van der Waals surface area contributed by atoms with Gasteiger partial charge in [-0.1, -0.05) is 6.92 Å². The molecule has 1 atom stereocenters. The second kappa shape index (κ2) is 10.7. The first-order chi connectivity index (χ1) is 16.3. The van der Waals surface area contributed by atoms with Gasteiger partial charge in [0.1, 0.15) is 24.3 Å². The van der Waals surface area contributed by atoms with Crippen molar-refractivity contribution in [3.8, 4) is 0 Å². The molecule has 4 heterocycles. The summed E-state index contributed by atoms with van der Waals surface area (Å²) in [5.74, 6) is 1.28. The van der Waals surface area contributed by atoms with Crippen LogP contribution in [0.25, 0.3) is 0 Å². The van der Waals surface area contributed by atoms with Gasteiger partial charge in [-0.2, -0.15) is 0 Å². The van der Waals surface area contributed by atoms with Crippen LogP contribution in [0.1, 0.15) is 24.2 Å². The fourth-order valence-electron chi connectivity index (χ4n) is 4.10. The summed E-state index contributed by atoms with van der Waals surface area (Å²) < 4.78 is 0. The van der Waals surface area contributed by atoms with E-state index in [-0.39, 0.29) is 36.4 Å². The van der Waals surface area contributed by atoms with Crippen molar-refractivity contribution in [2.24, 2.45) is 5.73 Å². The number of anilines is 2. The van der Waals surface area contributed by atoms with Crippen LogP contribution < -0.4 is 21.7 Å². The number of hydrogen-bond donors (Lipinski definition) is 4. The minimum absolute atomic E-state index is 0.000375. The molecule has 0 spiro atoms. The Morgan fingerprint density at radius 3 is 2.18 bits per heavy atom. The summed E-state index contributed by atoms with van der Waals surface area (Å²) in [4.78, 5) is 44.4. The monoisotopic (exact) mass is 468 g/mol. The highest BCUT2D eigenvalue weighted by Gasteiger charge is 2.29. The molecule has 0 aromatic carbocycles. The van der Waals surface area contributed by atoms with E-state index < -0.39 is 0 Å². The summed E-state index contributed by atoms with van der Waals surface area (Å²) in [6.07, 6.45) is 3.08. The molecule has 0 saturated carbocycles. The Labute approximate surface area is 198 Å². The Morgan fingerprint density at radius 1 is 0.971 bits per heavy atom. The molecule has 2 saturated heterocycles. The zero-order valence-corrected chi connectivity index (χ0v) is 19.6. The normalized spacial score (nSPS) is 17.9. The van der Waals surface area contributed by atoms with Gasteiger partial charge in [0.05, 0.1) is 30.9 Å². The lowest BCUT2D eigenvalue weighted by molar-refractivity contribution is -0.123. The molecule has 12 heteroatoms. The van der Waals surface area contributed by atoms with Crippen molar-refractivity contribution in [3.63, 3.8) is 0 Å². The molecule has 2 aromatic heterocycles. The van der Waals surface area contributed by atoms with Gasteiger partial charge < -0.3 is 21.7 Å². The SMILES string of the molecule is Cc1cc(NC2CN(CC(=O)NC[C@@H](C)c3cc(NC4CN(CC(N)=O)C4)ncn3)C2)ncn1. The Hall–Kier alpha value is -3.38. The molecule has 2 aromatic rings. The highest BCUT2D eigenvalue weighted by molar-refractivity contribution is 5.78. The maximum absolute atomic E-state index is 12.4. The molecule has 182 valence electrons. The summed E-state index contributed by atoms with van der Waals surface area (Å²) in [7, 11) is 0. The molecule has 0 aliphatic carbocycles. The van der Waals surface area contributed by atoms with E-state index in [0.717, 1.165) is 49.2 Å². The standard InChI is InChI=1S/C22H32N10O2/c1-14(18-4-21(28-13-26-18)30-16-6-31(7-16)10-19(23)33)5-24-22(34)11-32-8-17(9-32)29-20-3-15(2)25-12-27-20/h3-4,12-14,16-17H,5-11H2,1-2H3,(H2,23,33)(H,24,34)(H,25,27,29)(H,26,28,30)/t14-/m1/s1. The average molecular weight is 469 g/mol. The number of aryl methyl sites for hydroxylation is 1. The van der Waals surface area contributed by atoms with Crippen molar-refractivity contribution < 1.29 is 9.59 Å². The first kappa shape index (κ1) is 23.8. The highest BCUT2D eigenvalue weighted by atomic mass is 16.2. The van der Waals surface area contributed by atoms with Gasteiger partial charge >= 0.3 is 0 Å². The lowest BCUT2D eigenvalue weighted by Gasteiger charge is -2.39. The zero-order valence-electron chi connectivity index (χ0n) is 19.6. The van der Waals surface area contributed by atoms with E-state index in [4.69, 9.17) is 5.73 Å². The molecule has 34 heavy (non-hydrogen) atoms. The predicted molar refractivity (Wildman–Crippen MR) is 127 cm³/mol. The molecule has 2 aliphatic rings. The lowest BCUT2D eigenvalue weighted by atomic mass is 10.1. The third kappa shape index (κ3) is 6.58. The van der Waals surface area contributed by atoms with Gasteiger partial charge in [0.25, 0.3) is 0 Å². The molecule has 2 aliphatic heterocycles. The summed E-state index contributed by atoms with van der Waals surface area (Å²) in [6.45, 7) is 8.20. The minimum Gasteiger partial charge on any atom is -0.369 e. The number of amides is 2. The Balaban J connectivity index is 1.14. The predicted octanol–water partition coefficient (Wildman–Crippen LogP) is -0.828. The van der Waals surface area contributed by atoms with Crippen molar-refractivity contribution >= 4 is 23.5 Å². The third-order valence-electron chi connectivity index (χ3n) is 5.97. The number of nitrogens with two attached hydrogens (primary N) is 1. The topological polar surface area (TPSA) is 154 Å². The fraction of sp³-hybridized carbons (Fsp3) is 0.545. The number of aromatic nitrogens is 4. The molecule has 2 amide bonds. The van der Waals surface area contributed by atoms with E-state index >= 15 is 0 Å². The quantitative estimate of drug-likeness (QED) is 0.328. The number of primary amides is 1. The van der Waals surface area contributed by atoms with E-state index in [9.17, 15) is 9.59 Å². The first-order valence-electron chi connectivity index (χ1n) is 11.5. The number of nitrogens with zero attached hydrogens (tertiary/aromatic N) is 6. The smallest absolute Gasteiger partial charge is 0.234 e. The van der Waals surface area contributed by atoms with Crippen LogP contribution in [-0.4, -0.2) is 99.4 Å². The van der Waals surface area contributed by atoms with Crippen LogP contribution in [0.5, 0.6) is 0 Å². The van der Waals surface area contributed by atoms with Gasteiger partial charge in [0.15, 0.2) is 0 Å². The molecule has 2 fully saturated rings. The number of carbonyl (C=O) groups excluding carboxylic acids is 2. The van der Waals surface area contributed by atoms with Gasteiger partial charge in [0, 0.05) is 56.5 Å². The van der Waals surface area contributed by atoms with Crippen molar-refractivity contribution in [2.75, 3.05) is 56.4 Å². The summed E-state index contributed by atoms with van der Waals surface area (Å²) >= 11 is 0. The van der Waals surface area contributed by atoms with E-state index in [0.29, 0.717) is 13.1 Å². The van der Waals surface area contributed by atoms with Gasteiger partial charge in [-0.05, 0) is 6.92 Å². The van der Waals surface area contributed by atoms with Crippen LogP contribution in [0.15, 0.2) is 24.8 Å². The summed E-state index contributed by atoms with van der Waals surface area (Å²) in [5.41, 5.74) is 7.00. The first-order valence-corrected chi connectivity index (χ1v) is 11.5. The second-order valence-electron chi connectivity index (χ2n) is 9.11. The third-order valence-corrected chi connectivity index (χ3v) is 5.97. The van der Waals surface area contributed by atoms with Crippen molar-refractivity contribution in [2.45, 2.75) is 31.8 Å². The molecular formula is C22H32N10O2. The number of hydrogen-bond acceptors (Lipinski definition) is 10. The van der Waals surface area contributed by atoms with E-state index in [1.165, 1.54) is 6.33 Å². The van der Waals surface area contributed by atoms with Gasteiger partial charge in [-0.3, -0.25) is 19.4 Å². The summed E-state index contributed by atoms with van der Waals surface area (Å²) in [6, 6.07) is 4.33. The fourth-order valence-corrected chi connectivity index (χ4v) is 4.10. The number of nitrogens with one attached hydrogen (secondary N) is 3. The second-order valence-corrected chi connectivity index (χ2v) is 9.11. The lowest BCUT2D eigenvalue weighted by Crippen LogP contribution is -2.57. The van der Waals surface area contributed by atoms with E-state index in [1.807, 2.05) is 30.9 Å². The number of carbonyl (C=O) groups is 2. The van der Waals surface area contributed by atoms with Crippen LogP contribution in [0.2, 0.25) is 0 Å². The molecule has 0 bridgehead atoms. The Kier molecular flexibility index (Phi) is 7.48. The maximum Gasteiger partial charge on any atom is 0.234 e. The zero-order chi connectivity index (χ0) is 24.1. The molecule has 4 rings (SSSR count). The van der Waals surface area contributed by atoms with Crippen LogP contribution in [0, 0.1) is 6.92 Å². The maximum atomic E-state index is 12.4. The summed E-state index contributed by atoms with van der Waals surface area (Å²) in [5, 5.41) is 9.72.